The smallest absolute Gasteiger partial charge is 0.377 e. The van der Waals surface area contributed by atoms with Crippen LogP contribution in [0.4, 0.5) is 0 Å². The summed E-state index contributed by atoms with van der Waals surface area (Å²) in [6, 6.07) is 4.39. The van der Waals surface area contributed by atoms with Crippen molar-refractivity contribution in [2.45, 2.75) is 19.8 Å². The summed E-state index contributed by atoms with van der Waals surface area (Å²) in [7, 11) is 0. The second-order valence-corrected chi connectivity index (χ2v) is 3.57. The molecule has 1 aromatic rings. The highest BCUT2D eigenvalue weighted by atomic mass is 16.4. The molecule has 4 nitrogen and oxygen atoms in total. The maximum absolute atomic E-state index is 11.1. The average molecular weight is 208 g/mol. The van der Waals surface area contributed by atoms with Gasteiger partial charge in [0.05, 0.1) is 5.56 Å². The predicted molar refractivity (Wildman–Crippen MR) is 54.2 cm³/mol. The van der Waals surface area contributed by atoms with Crippen LogP contribution in [0.2, 0.25) is 0 Å². The lowest BCUT2D eigenvalue weighted by Gasteiger charge is -2.07. The van der Waals surface area contributed by atoms with Gasteiger partial charge in [0.25, 0.3) is 5.78 Å². The van der Waals surface area contributed by atoms with Gasteiger partial charge < -0.3 is 10.2 Å². The van der Waals surface area contributed by atoms with Crippen molar-refractivity contribution in [3.63, 3.8) is 0 Å². The first-order chi connectivity index (χ1) is 6.93. The van der Waals surface area contributed by atoms with Crippen molar-refractivity contribution in [2.24, 2.45) is 0 Å². The molecule has 4 heteroatoms. The minimum atomic E-state index is -1.57. The van der Waals surface area contributed by atoms with Gasteiger partial charge in [-0.2, -0.15) is 0 Å². The molecule has 0 aliphatic heterocycles. The summed E-state index contributed by atoms with van der Waals surface area (Å²) in [5, 5.41) is 18.0. The number of carboxylic acid groups (broad SMARTS) is 1. The SMILES string of the molecule is CC(C)c1ccc(C(=O)C(=O)O)c(O)c1. The van der Waals surface area contributed by atoms with Crippen LogP contribution in [-0.2, 0) is 4.79 Å². The molecule has 0 bridgehead atoms. The molecule has 0 atom stereocenters. The summed E-state index contributed by atoms with van der Waals surface area (Å²) >= 11 is 0. The lowest BCUT2D eigenvalue weighted by molar-refractivity contribution is -0.131. The van der Waals surface area contributed by atoms with Gasteiger partial charge in [-0.3, -0.25) is 4.79 Å². The summed E-state index contributed by atoms with van der Waals surface area (Å²) in [6.07, 6.45) is 0. The molecule has 0 aliphatic rings. The van der Waals surface area contributed by atoms with Gasteiger partial charge >= 0.3 is 5.97 Å². The maximum Gasteiger partial charge on any atom is 0.377 e. The molecule has 0 amide bonds. The molecule has 0 unspecified atom stereocenters. The van der Waals surface area contributed by atoms with E-state index in [9.17, 15) is 14.7 Å². The molecule has 80 valence electrons. The highest BCUT2D eigenvalue weighted by Crippen LogP contribution is 2.23. The third kappa shape index (κ3) is 2.34. The number of hydrogen-bond donors (Lipinski definition) is 2. The van der Waals surface area contributed by atoms with Gasteiger partial charge in [-0.1, -0.05) is 19.9 Å². The van der Waals surface area contributed by atoms with E-state index < -0.39 is 11.8 Å². The van der Waals surface area contributed by atoms with E-state index in [4.69, 9.17) is 5.11 Å². The number of phenolic OH excluding ortho intramolecular Hbond substituents is 1. The highest BCUT2D eigenvalue weighted by molar-refractivity contribution is 6.40. The first kappa shape index (κ1) is 11.2. The third-order valence-electron chi connectivity index (χ3n) is 2.13. The second-order valence-electron chi connectivity index (χ2n) is 3.57. The Balaban J connectivity index is 3.14. The Bertz CT molecular complexity index is 407. The average Bonchev–Trinajstić information content (AvgIpc) is 2.16. The molecular weight excluding hydrogens is 196 g/mol. The molecule has 0 aromatic heterocycles. The molecule has 0 spiro atoms. The first-order valence-corrected chi connectivity index (χ1v) is 4.54. The number of Topliss-reactive ketones (excluding diaryl/α,β-unsaturated/α-hetero) is 1. The molecule has 0 heterocycles. The Morgan fingerprint density at radius 1 is 1.27 bits per heavy atom. The van der Waals surface area contributed by atoms with Crippen molar-refractivity contribution in [1.82, 2.24) is 0 Å². The first-order valence-electron chi connectivity index (χ1n) is 4.54. The molecule has 0 fully saturated rings. The van der Waals surface area contributed by atoms with Crippen molar-refractivity contribution in [3.05, 3.63) is 29.3 Å². The number of aliphatic carboxylic acids is 1. The monoisotopic (exact) mass is 208 g/mol. The van der Waals surface area contributed by atoms with Crippen molar-refractivity contribution >= 4 is 11.8 Å². The largest absolute Gasteiger partial charge is 0.507 e. The predicted octanol–water partition coefficient (Wildman–Crippen LogP) is 1.78. The van der Waals surface area contributed by atoms with Crippen LogP contribution in [-0.4, -0.2) is 22.0 Å². The maximum atomic E-state index is 11.1. The minimum Gasteiger partial charge on any atom is -0.507 e. The number of rotatable bonds is 3. The quantitative estimate of drug-likeness (QED) is 0.586. The molecule has 0 saturated heterocycles. The molecule has 1 rings (SSSR count). The lowest BCUT2D eigenvalue weighted by atomic mass is 9.99. The summed E-state index contributed by atoms with van der Waals surface area (Å²) in [4.78, 5) is 21.5. The van der Waals surface area contributed by atoms with Crippen LogP contribution < -0.4 is 0 Å². The van der Waals surface area contributed by atoms with Crippen LogP contribution in [0.25, 0.3) is 0 Å². The van der Waals surface area contributed by atoms with Crippen LogP contribution >= 0.6 is 0 Å². The highest BCUT2D eigenvalue weighted by Gasteiger charge is 2.18. The van der Waals surface area contributed by atoms with E-state index in [1.165, 1.54) is 12.1 Å². The molecule has 1 aromatic carbocycles. The summed E-state index contributed by atoms with van der Waals surface area (Å²) in [6.45, 7) is 3.88. The van der Waals surface area contributed by atoms with Gasteiger partial charge in [0.1, 0.15) is 5.75 Å². The van der Waals surface area contributed by atoms with Crippen LogP contribution in [0.5, 0.6) is 5.75 Å². The topological polar surface area (TPSA) is 74.6 Å². The van der Waals surface area contributed by atoms with Gasteiger partial charge in [-0.25, -0.2) is 4.79 Å². The fourth-order valence-corrected chi connectivity index (χ4v) is 1.21. The van der Waals surface area contributed by atoms with Crippen LogP contribution in [0, 0.1) is 0 Å². The van der Waals surface area contributed by atoms with Gasteiger partial charge in [0.2, 0.25) is 0 Å². The van der Waals surface area contributed by atoms with Gasteiger partial charge in [-0.05, 0) is 23.6 Å². The van der Waals surface area contributed by atoms with Gasteiger partial charge in [0, 0.05) is 0 Å². The van der Waals surface area contributed by atoms with Crippen LogP contribution in [0.1, 0.15) is 35.7 Å². The number of aromatic hydroxyl groups is 1. The minimum absolute atomic E-state index is 0.174. The zero-order chi connectivity index (χ0) is 11.6. The number of carboxylic acids is 1. The number of phenols is 1. The number of benzene rings is 1. The summed E-state index contributed by atoms with van der Waals surface area (Å²) < 4.78 is 0. The van der Waals surface area contributed by atoms with Gasteiger partial charge in [-0.15, -0.1) is 0 Å². The van der Waals surface area contributed by atoms with E-state index in [0.29, 0.717) is 0 Å². The Labute approximate surface area is 87.2 Å². The van der Waals surface area contributed by atoms with Crippen LogP contribution in [0.15, 0.2) is 18.2 Å². The standard InChI is InChI=1S/C11H12O4/c1-6(2)7-3-4-8(9(12)5-7)10(13)11(14)15/h3-6,12H,1-2H3,(H,14,15). The van der Waals surface area contributed by atoms with E-state index in [2.05, 4.69) is 0 Å². The summed E-state index contributed by atoms with van der Waals surface area (Å²) in [5.74, 6) is -2.73. The van der Waals surface area contributed by atoms with E-state index in [1.807, 2.05) is 13.8 Å². The molecule has 0 aliphatic carbocycles. The van der Waals surface area contributed by atoms with Crippen molar-refractivity contribution in [3.8, 4) is 5.75 Å². The van der Waals surface area contributed by atoms with Crippen LogP contribution in [0.3, 0.4) is 0 Å². The van der Waals surface area contributed by atoms with Crippen molar-refractivity contribution < 1.29 is 19.8 Å². The number of carbonyl (C=O) groups excluding carboxylic acids is 1. The molecule has 15 heavy (non-hydrogen) atoms. The zero-order valence-electron chi connectivity index (χ0n) is 8.52. The van der Waals surface area contributed by atoms with Gasteiger partial charge in [0.15, 0.2) is 0 Å². The fraction of sp³-hybridized carbons (Fsp3) is 0.273. The van der Waals surface area contributed by atoms with E-state index in [0.717, 1.165) is 5.56 Å². The van der Waals surface area contributed by atoms with Crippen molar-refractivity contribution in [1.29, 1.82) is 0 Å². The van der Waals surface area contributed by atoms with Crippen molar-refractivity contribution in [2.75, 3.05) is 0 Å². The zero-order valence-corrected chi connectivity index (χ0v) is 8.52. The van der Waals surface area contributed by atoms with E-state index >= 15 is 0 Å². The Morgan fingerprint density at radius 3 is 2.27 bits per heavy atom. The normalized spacial score (nSPS) is 10.3. The van der Waals surface area contributed by atoms with E-state index in [-0.39, 0.29) is 17.2 Å². The molecule has 0 radical (unpaired) electrons. The molecule has 0 saturated carbocycles. The number of ketones is 1. The summed E-state index contributed by atoms with van der Waals surface area (Å²) in [5.41, 5.74) is 0.682. The molecular formula is C11H12O4. The second kappa shape index (κ2) is 4.13. The Kier molecular flexibility index (Phi) is 3.09. The number of carbonyl (C=O) groups is 2. The Morgan fingerprint density at radius 2 is 1.87 bits per heavy atom. The Hall–Kier alpha value is -1.84. The van der Waals surface area contributed by atoms with E-state index in [1.54, 1.807) is 6.07 Å². The fourth-order valence-electron chi connectivity index (χ4n) is 1.21. The lowest BCUT2D eigenvalue weighted by Crippen LogP contribution is -2.12. The number of hydrogen-bond acceptors (Lipinski definition) is 3. The third-order valence-corrected chi connectivity index (χ3v) is 2.13. The molecule has 2 N–H and O–H groups in total.